The molecule has 27 heavy (non-hydrogen) atoms. The zero-order chi connectivity index (χ0) is 19.2. The summed E-state index contributed by atoms with van der Waals surface area (Å²) >= 11 is 0. The lowest BCUT2D eigenvalue weighted by molar-refractivity contribution is -0.142. The minimum atomic E-state index is -0.344. The number of nitrogens with zero attached hydrogens (tertiary/aromatic N) is 3. The van der Waals surface area contributed by atoms with Crippen LogP contribution < -0.4 is 5.32 Å². The number of hydrogen-bond donors (Lipinski definition) is 1. The van der Waals surface area contributed by atoms with E-state index < -0.39 is 0 Å². The van der Waals surface area contributed by atoms with Crippen molar-refractivity contribution in [2.45, 2.75) is 31.9 Å². The monoisotopic (exact) mass is 376 g/mol. The van der Waals surface area contributed by atoms with Crippen molar-refractivity contribution >= 4 is 18.1 Å². The van der Waals surface area contributed by atoms with Crippen LogP contribution in [0, 0.1) is 0 Å². The molecule has 3 amide bonds. The summed E-state index contributed by atoms with van der Waals surface area (Å²) in [6, 6.07) is 5.24. The highest BCUT2D eigenvalue weighted by atomic mass is 16.6. The number of hydrogen-bond acceptors (Lipinski definition) is 6. The van der Waals surface area contributed by atoms with E-state index >= 15 is 0 Å². The van der Waals surface area contributed by atoms with E-state index in [1.807, 2.05) is 18.2 Å². The first-order chi connectivity index (χ1) is 13.1. The van der Waals surface area contributed by atoms with Crippen molar-refractivity contribution in [2.75, 3.05) is 32.8 Å². The number of aromatic nitrogens is 1. The standard InChI is InChI=1S/C18H24N4O5/c1-2-26-16(23)6-9-20-17(24)21-11-14-15(12-21)27-18(25)22(14)10-7-13-5-3-4-8-19-13/h3-5,8,14-15H,2,6-7,9-12H2,1H3,(H,20,24)/t14-,15+/m1/s1. The Bertz CT molecular complexity index is 684. The first-order valence-corrected chi connectivity index (χ1v) is 9.14. The van der Waals surface area contributed by atoms with Crippen molar-refractivity contribution < 1.29 is 23.9 Å². The van der Waals surface area contributed by atoms with Crippen molar-refractivity contribution in [3.63, 3.8) is 0 Å². The molecule has 1 N–H and O–H groups in total. The fourth-order valence-corrected chi connectivity index (χ4v) is 3.32. The molecule has 0 aliphatic carbocycles. The van der Waals surface area contributed by atoms with Gasteiger partial charge in [-0.15, -0.1) is 0 Å². The molecule has 1 aromatic rings. The predicted octanol–water partition coefficient (Wildman–Crippen LogP) is 0.792. The summed E-state index contributed by atoms with van der Waals surface area (Å²) in [6.45, 7) is 3.52. The number of urea groups is 1. The highest BCUT2D eigenvalue weighted by Crippen LogP contribution is 2.27. The predicted molar refractivity (Wildman–Crippen MR) is 94.9 cm³/mol. The van der Waals surface area contributed by atoms with Crippen LogP contribution >= 0.6 is 0 Å². The van der Waals surface area contributed by atoms with E-state index in [1.54, 1.807) is 22.9 Å². The Morgan fingerprint density at radius 3 is 2.96 bits per heavy atom. The quantitative estimate of drug-likeness (QED) is 0.706. The van der Waals surface area contributed by atoms with Crippen LogP contribution in [0.2, 0.25) is 0 Å². The molecule has 0 unspecified atom stereocenters. The van der Waals surface area contributed by atoms with Gasteiger partial charge in [-0.25, -0.2) is 9.59 Å². The lowest BCUT2D eigenvalue weighted by atomic mass is 10.2. The smallest absolute Gasteiger partial charge is 0.410 e. The third-order valence-corrected chi connectivity index (χ3v) is 4.66. The maximum absolute atomic E-state index is 12.3. The summed E-state index contributed by atoms with van der Waals surface area (Å²) in [4.78, 5) is 43.2. The normalized spacial score (nSPS) is 21.0. The van der Waals surface area contributed by atoms with Gasteiger partial charge in [-0.1, -0.05) is 6.07 Å². The van der Waals surface area contributed by atoms with Crippen LogP contribution in [0.3, 0.4) is 0 Å². The summed E-state index contributed by atoms with van der Waals surface area (Å²) in [5.74, 6) is -0.342. The van der Waals surface area contributed by atoms with Gasteiger partial charge in [-0.3, -0.25) is 14.7 Å². The lowest BCUT2D eigenvalue weighted by Crippen LogP contribution is -2.43. The fraction of sp³-hybridized carbons (Fsp3) is 0.556. The number of ether oxygens (including phenoxy) is 2. The molecule has 2 fully saturated rings. The van der Waals surface area contributed by atoms with Crippen LogP contribution in [0.25, 0.3) is 0 Å². The number of likely N-dealkylation sites (tertiary alicyclic amines) is 1. The molecule has 0 radical (unpaired) electrons. The largest absolute Gasteiger partial charge is 0.466 e. The fourth-order valence-electron chi connectivity index (χ4n) is 3.32. The Morgan fingerprint density at radius 2 is 2.22 bits per heavy atom. The molecule has 2 atom stereocenters. The maximum Gasteiger partial charge on any atom is 0.410 e. The molecule has 0 bridgehead atoms. The van der Waals surface area contributed by atoms with Crippen molar-refractivity contribution in [3.8, 4) is 0 Å². The number of fused-ring (bicyclic) bond motifs is 1. The zero-order valence-corrected chi connectivity index (χ0v) is 15.3. The molecule has 3 rings (SSSR count). The molecule has 9 heteroatoms. The molecule has 2 aliphatic heterocycles. The minimum absolute atomic E-state index is 0.130. The molecule has 0 spiro atoms. The number of esters is 1. The summed E-state index contributed by atoms with van der Waals surface area (Å²) in [6.07, 6.45) is 1.81. The van der Waals surface area contributed by atoms with Gasteiger partial charge in [0.25, 0.3) is 0 Å². The van der Waals surface area contributed by atoms with Gasteiger partial charge in [-0.2, -0.15) is 0 Å². The number of carbonyl (C=O) groups excluding carboxylic acids is 3. The maximum atomic E-state index is 12.3. The van der Waals surface area contributed by atoms with E-state index in [-0.39, 0.29) is 43.2 Å². The van der Waals surface area contributed by atoms with Gasteiger partial charge in [0.2, 0.25) is 0 Å². The van der Waals surface area contributed by atoms with Crippen molar-refractivity contribution in [1.29, 1.82) is 0 Å². The number of pyridine rings is 1. The SMILES string of the molecule is CCOC(=O)CCNC(=O)N1C[C@@H]2OC(=O)N(CCc3ccccn3)[C@@H]2C1. The Labute approximate surface area is 157 Å². The Morgan fingerprint density at radius 1 is 1.37 bits per heavy atom. The van der Waals surface area contributed by atoms with Crippen LogP contribution in [-0.2, 0) is 20.7 Å². The van der Waals surface area contributed by atoms with Crippen molar-refractivity contribution in [2.24, 2.45) is 0 Å². The van der Waals surface area contributed by atoms with E-state index in [1.165, 1.54) is 0 Å². The van der Waals surface area contributed by atoms with E-state index in [0.717, 1.165) is 5.69 Å². The lowest BCUT2D eigenvalue weighted by Gasteiger charge is -2.22. The van der Waals surface area contributed by atoms with Gasteiger partial charge >= 0.3 is 18.1 Å². The van der Waals surface area contributed by atoms with Gasteiger partial charge in [-0.05, 0) is 19.1 Å². The number of amides is 3. The third kappa shape index (κ3) is 4.66. The van der Waals surface area contributed by atoms with E-state index in [9.17, 15) is 14.4 Å². The second-order valence-electron chi connectivity index (χ2n) is 6.45. The van der Waals surface area contributed by atoms with Gasteiger partial charge < -0.3 is 19.7 Å². The Kier molecular flexibility index (Phi) is 6.10. The first kappa shape index (κ1) is 18.9. The number of carbonyl (C=O) groups is 3. The highest BCUT2D eigenvalue weighted by molar-refractivity contribution is 5.77. The second kappa shape index (κ2) is 8.70. The van der Waals surface area contributed by atoms with E-state index in [4.69, 9.17) is 9.47 Å². The first-order valence-electron chi connectivity index (χ1n) is 9.14. The average Bonchev–Trinajstić information content (AvgIpc) is 3.18. The molecule has 146 valence electrons. The van der Waals surface area contributed by atoms with Crippen LogP contribution in [0.4, 0.5) is 9.59 Å². The molecule has 3 heterocycles. The van der Waals surface area contributed by atoms with Gasteiger partial charge in [0.15, 0.2) is 0 Å². The van der Waals surface area contributed by atoms with Crippen LogP contribution in [0.15, 0.2) is 24.4 Å². The molecule has 0 aromatic carbocycles. The molecular formula is C18H24N4O5. The molecule has 2 saturated heterocycles. The van der Waals surface area contributed by atoms with Gasteiger partial charge in [0.1, 0.15) is 6.10 Å². The molecule has 0 saturated carbocycles. The van der Waals surface area contributed by atoms with E-state index in [2.05, 4.69) is 10.3 Å². The van der Waals surface area contributed by atoms with Crippen molar-refractivity contribution in [3.05, 3.63) is 30.1 Å². The summed E-state index contributed by atoms with van der Waals surface area (Å²) in [5.41, 5.74) is 0.903. The highest BCUT2D eigenvalue weighted by Gasteiger charge is 2.48. The average molecular weight is 376 g/mol. The molecule has 2 aliphatic rings. The minimum Gasteiger partial charge on any atom is -0.466 e. The summed E-state index contributed by atoms with van der Waals surface area (Å²) in [5, 5.41) is 2.70. The second-order valence-corrected chi connectivity index (χ2v) is 6.45. The number of rotatable bonds is 7. The number of nitrogens with one attached hydrogen (secondary N) is 1. The van der Waals surface area contributed by atoms with Crippen LogP contribution in [0.5, 0.6) is 0 Å². The van der Waals surface area contributed by atoms with Crippen LogP contribution in [-0.4, -0.2) is 77.8 Å². The Hall–Kier alpha value is -2.84. The topological polar surface area (TPSA) is 101 Å². The van der Waals surface area contributed by atoms with Gasteiger partial charge in [0, 0.05) is 37.9 Å². The summed E-state index contributed by atoms with van der Waals surface area (Å²) in [7, 11) is 0. The molecular weight excluding hydrogens is 352 g/mol. The van der Waals surface area contributed by atoms with E-state index in [0.29, 0.717) is 32.7 Å². The zero-order valence-electron chi connectivity index (χ0n) is 15.3. The molecule has 1 aromatic heterocycles. The Balaban J connectivity index is 1.47. The van der Waals surface area contributed by atoms with Crippen LogP contribution in [0.1, 0.15) is 19.0 Å². The summed E-state index contributed by atoms with van der Waals surface area (Å²) < 4.78 is 10.2. The third-order valence-electron chi connectivity index (χ3n) is 4.66. The molecule has 9 nitrogen and oxygen atoms in total. The van der Waals surface area contributed by atoms with Crippen molar-refractivity contribution in [1.82, 2.24) is 20.1 Å². The van der Waals surface area contributed by atoms with Gasteiger partial charge in [0.05, 0.1) is 25.6 Å².